The van der Waals surface area contributed by atoms with E-state index in [4.69, 9.17) is 9.47 Å². The van der Waals surface area contributed by atoms with Gasteiger partial charge in [0.15, 0.2) is 0 Å². The van der Waals surface area contributed by atoms with Gasteiger partial charge in [-0.25, -0.2) is 9.59 Å². The van der Waals surface area contributed by atoms with Crippen LogP contribution in [0.1, 0.15) is 43.2 Å². The highest BCUT2D eigenvalue weighted by Gasteiger charge is 2.49. The Morgan fingerprint density at radius 3 is 2.41 bits per heavy atom. The fourth-order valence-electron chi connectivity index (χ4n) is 5.58. The molecule has 2 amide bonds. The Hall–Kier alpha value is -3.39. The molecule has 0 aromatic heterocycles. The van der Waals surface area contributed by atoms with Gasteiger partial charge in [-0.3, -0.25) is 4.79 Å². The molecule has 2 saturated heterocycles. The summed E-state index contributed by atoms with van der Waals surface area (Å²) in [4.78, 5) is 38.6. The maximum absolute atomic E-state index is 13.0. The van der Waals surface area contributed by atoms with Crippen LogP contribution in [0.15, 0.2) is 48.5 Å². The van der Waals surface area contributed by atoms with Gasteiger partial charge >= 0.3 is 12.1 Å². The van der Waals surface area contributed by atoms with E-state index >= 15 is 0 Å². The highest BCUT2D eigenvalue weighted by Crippen LogP contribution is 2.44. The number of nitrogens with one attached hydrogen (secondary N) is 1. The van der Waals surface area contributed by atoms with Crippen molar-refractivity contribution in [3.63, 3.8) is 0 Å². The summed E-state index contributed by atoms with van der Waals surface area (Å²) < 4.78 is 11.1. The molecule has 2 fully saturated rings. The molecule has 4 atom stereocenters. The van der Waals surface area contributed by atoms with E-state index in [0.29, 0.717) is 19.4 Å². The number of rotatable bonds is 6. The Bertz CT molecular complexity index is 1070. The third-order valence-corrected chi connectivity index (χ3v) is 7.09. The molecule has 2 aliphatic heterocycles. The van der Waals surface area contributed by atoms with Crippen LogP contribution in [0.4, 0.5) is 4.79 Å². The van der Waals surface area contributed by atoms with Crippen molar-refractivity contribution in [3.05, 3.63) is 59.7 Å². The first-order valence-electron chi connectivity index (χ1n) is 11.7. The number of fused-ring (bicyclic) bond motifs is 4. The van der Waals surface area contributed by atoms with Gasteiger partial charge in [0.1, 0.15) is 12.6 Å². The van der Waals surface area contributed by atoms with Crippen molar-refractivity contribution in [2.24, 2.45) is 0 Å². The highest BCUT2D eigenvalue weighted by molar-refractivity contribution is 5.85. The molecule has 2 aromatic rings. The molecule has 8 heteroatoms. The molecule has 1 aliphatic carbocycles. The second-order valence-electron chi connectivity index (χ2n) is 9.23. The molecular formula is C26H28N2O6. The minimum atomic E-state index is -1.02. The number of ether oxygens (including phenoxy) is 2. The average Bonchev–Trinajstić information content (AvgIpc) is 3.49. The lowest BCUT2D eigenvalue weighted by molar-refractivity contribution is -0.149. The van der Waals surface area contributed by atoms with Gasteiger partial charge in [-0.15, -0.1) is 0 Å². The quantitative estimate of drug-likeness (QED) is 0.681. The highest BCUT2D eigenvalue weighted by atomic mass is 16.5. The number of carbonyl (C=O) groups excluding carboxylic acids is 2. The van der Waals surface area contributed by atoms with E-state index in [1.54, 1.807) is 6.92 Å². The molecule has 3 unspecified atom stereocenters. The molecule has 0 saturated carbocycles. The number of alkyl carbamates (subject to hydrolysis) is 1. The largest absolute Gasteiger partial charge is 0.480 e. The smallest absolute Gasteiger partial charge is 0.407 e. The normalized spacial score (nSPS) is 23.7. The number of nitrogens with zero attached hydrogens (tertiary/aromatic N) is 1. The van der Waals surface area contributed by atoms with Crippen LogP contribution in [0.2, 0.25) is 0 Å². The van der Waals surface area contributed by atoms with E-state index in [-0.39, 0.29) is 37.0 Å². The van der Waals surface area contributed by atoms with Crippen LogP contribution in [-0.4, -0.2) is 65.4 Å². The molecule has 0 radical (unpaired) electrons. The van der Waals surface area contributed by atoms with Gasteiger partial charge in [0.25, 0.3) is 0 Å². The zero-order chi connectivity index (χ0) is 23.8. The van der Waals surface area contributed by atoms with Gasteiger partial charge in [0, 0.05) is 31.4 Å². The lowest BCUT2D eigenvalue weighted by Crippen LogP contribution is -2.47. The number of hydrogen-bond acceptors (Lipinski definition) is 5. The zero-order valence-corrected chi connectivity index (χ0v) is 19.0. The molecule has 8 nitrogen and oxygen atoms in total. The number of carbonyl (C=O) groups is 3. The van der Waals surface area contributed by atoms with E-state index in [1.165, 1.54) is 4.90 Å². The molecular weight excluding hydrogens is 436 g/mol. The Morgan fingerprint density at radius 1 is 1.12 bits per heavy atom. The Morgan fingerprint density at radius 2 is 1.76 bits per heavy atom. The van der Waals surface area contributed by atoms with Gasteiger partial charge in [-0.2, -0.15) is 0 Å². The van der Waals surface area contributed by atoms with Gasteiger partial charge < -0.3 is 24.8 Å². The first-order valence-corrected chi connectivity index (χ1v) is 11.7. The van der Waals surface area contributed by atoms with Crippen LogP contribution in [0, 0.1) is 0 Å². The average molecular weight is 465 g/mol. The number of carboxylic acids is 1. The van der Waals surface area contributed by atoms with Crippen LogP contribution in [-0.2, 0) is 19.1 Å². The number of benzene rings is 2. The van der Waals surface area contributed by atoms with Crippen molar-refractivity contribution < 1.29 is 29.0 Å². The fraction of sp³-hybridized carbons (Fsp3) is 0.423. The van der Waals surface area contributed by atoms with Gasteiger partial charge in [-0.05, 0) is 35.6 Å². The summed E-state index contributed by atoms with van der Waals surface area (Å²) in [5, 5.41) is 12.3. The molecule has 5 rings (SSSR count). The minimum Gasteiger partial charge on any atom is -0.480 e. The third-order valence-electron chi connectivity index (χ3n) is 7.09. The summed E-state index contributed by atoms with van der Waals surface area (Å²) >= 11 is 0. The van der Waals surface area contributed by atoms with Crippen molar-refractivity contribution in [1.82, 2.24) is 10.2 Å². The van der Waals surface area contributed by atoms with Crippen LogP contribution in [0.5, 0.6) is 0 Å². The second-order valence-corrected chi connectivity index (χ2v) is 9.23. The Labute approximate surface area is 197 Å². The van der Waals surface area contributed by atoms with E-state index in [2.05, 4.69) is 29.6 Å². The maximum atomic E-state index is 13.0. The van der Waals surface area contributed by atoms with E-state index in [0.717, 1.165) is 22.3 Å². The second kappa shape index (κ2) is 9.10. The molecule has 0 bridgehead atoms. The standard InChI is InChI=1S/C26H28N2O6/c1-15(12-24(29)28-21-10-11-33-23(21)13-22(28)25(30)31)27-26(32)34-14-20-18-8-4-2-6-16(18)17-7-3-5-9-19(17)20/h2-9,15,20-23H,10-14H2,1H3,(H,27,32)(H,30,31)/t15-,21?,22?,23?/m0/s1. The van der Waals surface area contributed by atoms with Crippen LogP contribution in [0.3, 0.4) is 0 Å². The lowest BCUT2D eigenvalue weighted by Gasteiger charge is -2.28. The summed E-state index contributed by atoms with van der Waals surface area (Å²) in [6.45, 7) is 2.43. The van der Waals surface area contributed by atoms with Crippen molar-refractivity contribution >= 4 is 18.0 Å². The predicted molar refractivity (Wildman–Crippen MR) is 123 cm³/mol. The minimum absolute atomic E-state index is 0.00278. The number of likely N-dealkylation sites (tertiary alicyclic amines) is 1. The number of carboxylic acid groups (broad SMARTS) is 1. The van der Waals surface area contributed by atoms with Crippen LogP contribution >= 0.6 is 0 Å². The summed E-state index contributed by atoms with van der Waals surface area (Å²) in [5.41, 5.74) is 4.56. The van der Waals surface area contributed by atoms with E-state index < -0.39 is 24.1 Å². The van der Waals surface area contributed by atoms with Gasteiger partial charge in [0.05, 0.1) is 12.1 Å². The first-order chi connectivity index (χ1) is 16.4. The maximum Gasteiger partial charge on any atom is 0.407 e. The van der Waals surface area contributed by atoms with Crippen LogP contribution in [0.25, 0.3) is 11.1 Å². The van der Waals surface area contributed by atoms with E-state index in [1.807, 2.05) is 24.3 Å². The van der Waals surface area contributed by atoms with Crippen LogP contribution < -0.4 is 5.32 Å². The van der Waals surface area contributed by atoms with Crippen molar-refractivity contribution in [1.29, 1.82) is 0 Å². The van der Waals surface area contributed by atoms with Crippen molar-refractivity contribution in [3.8, 4) is 11.1 Å². The summed E-state index contributed by atoms with van der Waals surface area (Å²) in [5.74, 6) is -1.37. The molecule has 34 heavy (non-hydrogen) atoms. The topological polar surface area (TPSA) is 105 Å². The fourth-order valence-corrected chi connectivity index (χ4v) is 5.58. The molecule has 2 heterocycles. The van der Waals surface area contributed by atoms with Gasteiger partial charge in [-0.1, -0.05) is 48.5 Å². The number of hydrogen-bond donors (Lipinski definition) is 2. The first kappa shape index (κ1) is 22.4. The molecule has 2 N–H and O–H groups in total. The number of aliphatic carboxylic acids is 1. The molecule has 178 valence electrons. The lowest BCUT2D eigenvalue weighted by atomic mass is 9.98. The molecule has 0 spiro atoms. The zero-order valence-electron chi connectivity index (χ0n) is 19.0. The molecule has 3 aliphatic rings. The monoisotopic (exact) mass is 464 g/mol. The third kappa shape index (κ3) is 4.03. The predicted octanol–water partition coefficient (Wildman–Crippen LogP) is 3.15. The van der Waals surface area contributed by atoms with E-state index in [9.17, 15) is 19.5 Å². The summed E-state index contributed by atoms with van der Waals surface area (Å²) in [7, 11) is 0. The number of amides is 2. The Balaban J connectivity index is 1.18. The summed E-state index contributed by atoms with van der Waals surface area (Å²) in [6, 6.07) is 14.6. The van der Waals surface area contributed by atoms with Gasteiger partial charge in [0.2, 0.25) is 5.91 Å². The Kier molecular flexibility index (Phi) is 6.00. The SMILES string of the molecule is C[C@@H](CC(=O)N1C(C(=O)O)CC2OCCC21)NC(=O)OCC1c2ccccc2-c2ccccc21. The van der Waals surface area contributed by atoms with Crippen molar-refractivity contribution in [2.75, 3.05) is 13.2 Å². The summed E-state index contributed by atoms with van der Waals surface area (Å²) in [6.07, 6.45) is 0.113. The van der Waals surface area contributed by atoms with Crippen molar-refractivity contribution in [2.45, 2.75) is 56.3 Å². The molecule has 2 aromatic carbocycles.